The maximum atomic E-state index is 11.8. The van der Waals surface area contributed by atoms with Gasteiger partial charge in [-0.25, -0.2) is 4.79 Å². The molecular weight excluding hydrogens is 419 g/mol. The molecule has 0 saturated heterocycles. The van der Waals surface area contributed by atoms with Gasteiger partial charge in [0, 0.05) is 6.42 Å². The minimum atomic E-state index is -5.08. The number of carbonyl (C=O) groups excluding carboxylic acids is 1. The molecule has 0 aromatic heterocycles. The minimum absolute atomic E-state index is 0.0534. The Labute approximate surface area is 178 Å². The van der Waals surface area contributed by atoms with E-state index in [0.29, 0.717) is 32.1 Å². The Hall–Kier alpha value is -2.98. The first-order valence-electron chi connectivity index (χ1n) is 9.81. The average molecular weight is 447 g/mol. The molecule has 8 nitrogen and oxygen atoms in total. The van der Waals surface area contributed by atoms with Crippen LogP contribution in [0.5, 0.6) is 5.75 Å². The fraction of sp³-hybridized carbons (Fsp3) is 0.550. The topological polar surface area (TPSA) is 135 Å². The number of hydrogen-bond donors (Lipinski definition) is 4. The summed E-state index contributed by atoms with van der Waals surface area (Å²) in [7, 11) is 0. The first kappa shape index (κ1) is 26.1. The van der Waals surface area contributed by atoms with Crippen molar-refractivity contribution in [3.63, 3.8) is 0 Å². The third kappa shape index (κ3) is 10.6. The molecule has 0 bridgehead atoms. The molecule has 31 heavy (non-hydrogen) atoms. The van der Waals surface area contributed by atoms with Crippen LogP contribution in [0, 0.1) is 11.3 Å². The lowest BCUT2D eigenvalue weighted by Crippen LogP contribution is -2.33. The summed E-state index contributed by atoms with van der Waals surface area (Å²) in [5.41, 5.74) is 7.84. The van der Waals surface area contributed by atoms with E-state index in [1.165, 1.54) is 11.1 Å². The molecule has 0 spiro atoms. The quantitative estimate of drug-likeness (QED) is 0.166. The zero-order chi connectivity index (χ0) is 23.4. The van der Waals surface area contributed by atoms with Crippen molar-refractivity contribution in [3.8, 4) is 5.75 Å². The van der Waals surface area contributed by atoms with Gasteiger partial charge in [-0.3, -0.25) is 10.2 Å². The summed E-state index contributed by atoms with van der Waals surface area (Å²) in [6.07, 6.45) is -0.523. The maximum Gasteiger partial charge on any atom is 0.490 e. The molecule has 0 heterocycles. The van der Waals surface area contributed by atoms with Gasteiger partial charge in [0.25, 0.3) is 0 Å². The van der Waals surface area contributed by atoms with Crippen molar-refractivity contribution in [1.29, 1.82) is 5.41 Å². The number of aryl methyl sites for hydroxylation is 1. The van der Waals surface area contributed by atoms with Crippen molar-refractivity contribution in [3.05, 3.63) is 29.3 Å². The summed E-state index contributed by atoms with van der Waals surface area (Å²) in [5.74, 6) is -1.76. The second-order valence-corrected chi connectivity index (χ2v) is 6.89. The minimum Gasteiger partial charge on any atom is -0.492 e. The van der Waals surface area contributed by atoms with E-state index in [9.17, 15) is 18.0 Å². The third-order valence-corrected chi connectivity index (χ3v) is 4.43. The number of nitrogens with one attached hydrogen (secondary N) is 2. The highest BCUT2D eigenvalue weighted by Crippen LogP contribution is 2.29. The van der Waals surface area contributed by atoms with Crippen LogP contribution in [0.3, 0.4) is 0 Å². The van der Waals surface area contributed by atoms with Crippen LogP contribution in [-0.4, -0.2) is 48.9 Å². The molecule has 1 aromatic carbocycles. The van der Waals surface area contributed by atoms with Crippen LogP contribution >= 0.6 is 0 Å². The summed E-state index contributed by atoms with van der Waals surface area (Å²) in [4.78, 5) is 20.6. The van der Waals surface area contributed by atoms with Crippen LogP contribution in [-0.2, 0) is 27.2 Å². The molecule has 1 aliphatic carbocycles. The number of nitrogens with two attached hydrogens (primary N) is 1. The van der Waals surface area contributed by atoms with Crippen LogP contribution in [0.15, 0.2) is 18.2 Å². The predicted molar refractivity (Wildman–Crippen MR) is 107 cm³/mol. The Kier molecular flexibility index (Phi) is 10.6. The Morgan fingerprint density at radius 3 is 2.58 bits per heavy atom. The number of ether oxygens (including phenoxy) is 2. The number of carboxylic acids is 1. The van der Waals surface area contributed by atoms with Gasteiger partial charge in [-0.05, 0) is 61.8 Å². The van der Waals surface area contributed by atoms with Crippen LogP contribution in [0.1, 0.15) is 37.3 Å². The van der Waals surface area contributed by atoms with Crippen LogP contribution in [0.2, 0.25) is 0 Å². The normalized spacial score (nSPS) is 15.4. The molecule has 5 N–H and O–H groups in total. The van der Waals surface area contributed by atoms with Gasteiger partial charge in [-0.15, -0.1) is 0 Å². The predicted octanol–water partition coefficient (Wildman–Crippen LogP) is 2.63. The number of benzene rings is 1. The van der Waals surface area contributed by atoms with Gasteiger partial charge in [0.2, 0.25) is 0 Å². The van der Waals surface area contributed by atoms with Crippen LogP contribution < -0.4 is 15.8 Å². The lowest BCUT2D eigenvalue weighted by molar-refractivity contribution is -0.192. The van der Waals surface area contributed by atoms with Crippen molar-refractivity contribution < 1.29 is 37.3 Å². The van der Waals surface area contributed by atoms with Gasteiger partial charge in [0.05, 0.1) is 13.2 Å². The maximum absolute atomic E-state index is 11.8. The van der Waals surface area contributed by atoms with E-state index in [4.69, 9.17) is 30.5 Å². The van der Waals surface area contributed by atoms with E-state index < -0.39 is 12.1 Å². The van der Waals surface area contributed by atoms with Crippen molar-refractivity contribution in [2.75, 3.05) is 19.8 Å². The molecule has 1 atom stereocenters. The second-order valence-electron chi connectivity index (χ2n) is 6.89. The number of fused-ring (bicyclic) bond motifs is 1. The molecule has 0 radical (unpaired) electrons. The molecule has 1 aromatic rings. The number of guanidine groups is 1. The fourth-order valence-electron chi connectivity index (χ4n) is 3.10. The molecule has 2 rings (SSSR count). The largest absolute Gasteiger partial charge is 0.492 e. The smallest absolute Gasteiger partial charge is 0.490 e. The van der Waals surface area contributed by atoms with E-state index in [0.717, 1.165) is 31.4 Å². The van der Waals surface area contributed by atoms with Crippen molar-refractivity contribution in [1.82, 2.24) is 5.32 Å². The van der Waals surface area contributed by atoms with Crippen LogP contribution in [0.4, 0.5) is 13.2 Å². The summed E-state index contributed by atoms with van der Waals surface area (Å²) < 4.78 is 42.5. The molecule has 11 heteroatoms. The summed E-state index contributed by atoms with van der Waals surface area (Å²) >= 11 is 0. The van der Waals surface area contributed by atoms with E-state index in [1.54, 1.807) is 0 Å². The molecule has 0 fully saturated rings. The van der Waals surface area contributed by atoms with E-state index in [1.807, 2.05) is 13.0 Å². The summed E-state index contributed by atoms with van der Waals surface area (Å²) in [6.45, 7) is 3.22. The molecule has 0 saturated carbocycles. The van der Waals surface area contributed by atoms with Gasteiger partial charge in [0.1, 0.15) is 12.4 Å². The lowest BCUT2D eigenvalue weighted by Gasteiger charge is -2.15. The Morgan fingerprint density at radius 2 is 2.00 bits per heavy atom. The Balaban J connectivity index is 0.000000592. The molecule has 0 aliphatic heterocycles. The molecule has 0 amide bonds. The number of carbonyl (C=O) groups is 2. The van der Waals surface area contributed by atoms with Gasteiger partial charge >= 0.3 is 18.1 Å². The van der Waals surface area contributed by atoms with Crippen molar-refractivity contribution in [2.45, 2.75) is 45.2 Å². The van der Waals surface area contributed by atoms with Gasteiger partial charge in [-0.2, -0.15) is 13.2 Å². The van der Waals surface area contributed by atoms with E-state index in [-0.39, 0.29) is 11.9 Å². The van der Waals surface area contributed by atoms with Crippen molar-refractivity contribution in [2.24, 2.45) is 11.7 Å². The first-order valence-corrected chi connectivity index (χ1v) is 9.81. The Morgan fingerprint density at radius 1 is 1.32 bits per heavy atom. The highest BCUT2D eigenvalue weighted by Gasteiger charge is 2.38. The number of aliphatic carboxylic acids is 1. The third-order valence-electron chi connectivity index (χ3n) is 4.43. The summed E-state index contributed by atoms with van der Waals surface area (Å²) in [6, 6.07) is 6.18. The average Bonchev–Trinajstić information content (AvgIpc) is 2.86. The fourth-order valence-corrected chi connectivity index (χ4v) is 3.10. The number of esters is 1. The molecular formula is C20H28F3N3O5. The van der Waals surface area contributed by atoms with Gasteiger partial charge < -0.3 is 25.6 Å². The zero-order valence-corrected chi connectivity index (χ0v) is 17.3. The van der Waals surface area contributed by atoms with Crippen molar-refractivity contribution >= 4 is 17.9 Å². The number of rotatable bonds is 7. The van der Waals surface area contributed by atoms with E-state index in [2.05, 4.69) is 17.4 Å². The number of hydrogen-bond acceptors (Lipinski definition) is 5. The monoisotopic (exact) mass is 447 g/mol. The second kappa shape index (κ2) is 12.7. The van der Waals surface area contributed by atoms with Crippen LogP contribution in [0.25, 0.3) is 0 Å². The molecule has 174 valence electrons. The highest BCUT2D eigenvalue weighted by atomic mass is 19.4. The number of alkyl halides is 3. The standard InChI is InChI=1S/C18H27N3O3.C2HF3O2/c1-2-23-17(22)11-13-4-3-5-14-6-7-16(12-15(14)10-13)24-9-8-21-18(19)20;3-2(4,5)1(6)7/h6-7,12-13H,2-5,8-11H2,1H3,(H4,19,20,21);(H,6,7). The van der Waals surface area contributed by atoms with E-state index >= 15 is 0 Å². The molecule has 1 unspecified atom stereocenters. The summed E-state index contributed by atoms with van der Waals surface area (Å²) in [5, 5.41) is 16.9. The molecule has 1 aliphatic rings. The SMILES string of the molecule is CCOC(=O)CC1CCCc2ccc(OCCNC(=N)N)cc2C1.O=C(O)C(F)(F)F. The first-order chi connectivity index (χ1) is 14.5. The highest BCUT2D eigenvalue weighted by molar-refractivity contribution is 5.74. The number of halogens is 3. The number of carboxylic acid groups (broad SMARTS) is 1. The zero-order valence-electron chi connectivity index (χ0n) is 17.3. The Bertz CT molecular complexity index is 756. The van der Waals surface area contributed by atoms with Gasteiger partial charge in [-0.1, -0.05) is 6.07 Å². The van der Waals surface area contributed by atoms with Gasteiger partial charge in [0.15, 0.2) is 5.96 Å². The lowest BCUT2D eigenvalue weighted by atomic mass is 9.94.